The number of hydrogen-bond acceptors (Lipinski definition) is 3. The van der Waals surface area contributed by atoms with Crippen molar-refractivity contribution in [3.8, 4) is 0 Å². The Bertz CT molecular complexity index is 374. The fourth-order valence-corrected chi connectivity index (χ4v) is 1.31. The molecule has 0 saturated heterocycles. The van der Waals surface area contributed by atoms with Gasteiger partial charge in [-0.3, -0.25) is 4.79 Å². The van der Waals surface area contributed by atoms with Crippen molar-refractivity contribution < 1.29 is 9.73 Å². The molecule has 1 amide bonds. The number of hydrogen-bond donors (Lipinski definition) is 2. The summed E-state index contributed by atoms with van der Waals surface area (Å²) >= 11 is 3.29. The van der Waals surface area contributed by atoms with E-state index in [1.54, 1.807) is 18.2 Å². The summed E-state index contributed by atoms with van der Waals surface area (Å²) in [5.41, 5.74) is 5.32. The Balaban J connectivity index is 2.47. The molecule has 16 heavy (non-hydrogen) atoms. The van der Waals surface area contributed by atoms with Crippen molar-refractivity contribution in [1.82, 2.24) is 11.0 Å². The number of carbonyl (C=O) groups excluding carboxylic acids is 1. The van der Waals surface area contributed by atoms with Crippen molar-refractivity contribution in [2.45, 2.75) is 26.3 Å². The molecule has 4 nitrogen and oxygen atoms in total. The van der Waals surface area contributed by atoms with Gasteiger partial charge in [-0.1, -0.05) is 22.0 Å². The van der Waals surface area contributed by atoms with Crippen molar-refractivity contribution in [2.24, 2.45) is 0 Å². The molecular weight excluding hydrogens is 272 g/mol. The molecule has 0 aliphatic heterocycles. The van der Waals surface area contributed by atoms with E-state index in [0.29, 0.717) is 5.56 Å². The van der Waals surface area contributed by atoms with Gasteiger partial charge in [-0.2, -0.15) is 10.4 Å². The van der Waals surface area contributed by atoms with Crippen LogP contribution in [-0.2, 0) is 4.94 Å². The van der Waals surface area contributed by atoms with E-state index in [-0.39, 0.29) is 11.4 Å². The Morgan fingerprint density at radius 3 is 2.62 bits per heavy atom. The third kappa shape index (κ3) is 4.74. The van der Waals surface area contributed by atoms with Crippen LogP contribution in [0.15, 0.2) is 28.7 Å². The van der Waals surface area contributed by atoms with Gasteiger partial charge in [0.25, 0.3) is 5.91 Å². The molecule has 0 bridgehead atoms. The second kappa shape index (κ2) is 5.43. The average molecular weight is 287 g/mol. The fraction of sp³-hybridized carbons (Fsp3) is 0.364. The van der Waals surface area contributed by atoms with Crippen molar-refractivity contribution in [3.63, 3.8) is 0 Å². The Morgan fingerprint density at radius 1 is 1.38 bits per heavy atom. The first-order valence-electron chi connectivity index (χ1n) is 4.87. The van der Waals surface area contributed by atoms with E-state index >= 15 is 0 Å². The van der Waals surface area contributed by atoms with E-state index in [2.05, 4.69) is 26.9 Å². The van der Waals surface area contributed by atoms with Crippen molar-refractivity contribution >= 4 is 21.8 Å². The van der Waals surface area contributed by atoms with Crippen LogP contribution in [0.4, 0.5) is 0 Å². The molecule has 0 spiro atoms. The first kappa shape index (κ1) is 13.2. The monoisotopic (exact) mass is 286 g/mol. The lowest BCUT2D eigenvalue weighted by Crippen LogP contribution is -2.41. The minimum absolute atomic E-state index is 0.218. The van der Waals surface area contributed by atoms with Crippen LogP contribution in [0.3, 0.4) is 0 Å². The Labute approximate surface area is 103 Å². The SMILES string of the molecule is CC(C)(C)NONC(=O)c1cccc(Br)c1. The Kier molecular flexibility index (Phi) is 4.46. The summed E-state index contributed by atoms with van der Waals surface area (Å²) in [7, 11) is 0. The first-order chi connectivity index (χ1) is 7.38. The number of hydroxylamine groups is 2. The number of amides is 1. The molecule has 5 heteroatoms. The standard InChI is InChI=1S/C11H15BrN2O2/c1-11(2,3)14-16-13-10(15)8-5-4-6-9(12)7-8/h4-7,14H,1-3H3,(H,13,15). The maximum atomic E-state index is 11.6. The Morgan fingerprint density at radius 2 is 2.06 bits per heavy atom. The molecule has 0 atom stereocenters. The van der Waals surface area contributed by atoms with Crippen LogP contribution in [0.1, 0.15) is 31.1 Å². The number of halogens is 1. The van der Waals surface area contributed by atoms with Gasteiger partial charge in [0.15, 0.2) is 0 Å². The van der Waals surface area contributed by atoms with Crippen LogP contribution >= 0.6 is 15.9 Å². The molecule has 0 aliphatic carbocycles. The zero-order valence-corrected chi connectivity index (χ0v) is 11.1. The van der Waals surface area contributed by atoms with Gasteiger partial charge in [-0.15, -0.1) is 0 Å². The molecule has 88 valence electrons. The molecule has 0 aromatic heterocycles. The minimum atomic E-state index is -0.293. The van der Waals surface area contributed by atoms with Crippen LogP contribution in [0.25, 0.3) is 0 Å². The third-order valence-corrected chi connectivity index (χ3v) is 2.08. The highest BCUT2D eigenvalue weighted by Gasteiger charge is 2.11. The molecule has 0 radical (unpaired) electrons. The third-order valence-electron chi connectivity index (χ3n) is 1.59. The van der Waals surface area contributed by atoms with Crippen LogP contribution < -0.4 is 11.0 Å². The molecule has 2 N–H and O–H groups in total. The van der Waals surface area contributed by atoms with E-state index in [0.717, 1.165) is 4.47 Å². The average Bonchev–Trinajstić information content (AvgIpc) is 2.15. The quantitative estimate of drug-likeness (QED) is 0.839. The summed E-state index contributed by atoms with van der Waals surface area (Å²) < 4.78 is 0.851. The second-order valence-electron chi connectivity index (χ2n) is 4.40. The van der Waals surface area contributed by atoms with Gasteiger partial charge in [0.05, 0.1) is 0 Å². The summed E-state index contributed by atoms with van der Waals surface area (Å²) in [6, 6.07) is 7.07. The van der Waals surface area contributed by atoms with Gasteiger partial charge in [0, 0.05) is 15.6 Å². The predicted molar refractivity (Wildman–Crippen MR) is 65.6 cm³/mol. The number of nitrogens with one attached hydrogen (secondary N) is 2. The normalized spacial score (nSPS) is 11.2. The zero-order chi connectivity index (χ0) is 12.2. The van der Waals surface area contributed by atoms with E-state index in [1.165, 1.54) is 0 Å². The molecule has 1 aromatic rings. The number of carbonyl (C=O) groups is 1. The van der Waals surface area contributed by atoms with Crippen molar-refractivity contribution in [2.75, 3.05) is 0 Å². The first-order valence-corrected chi connectivity index (χ1v) is 5.67. The lowest BCUT2D eigenvalue weighted by molar-refractivity contribution is -0.0597. The van der Waals surface area contributed by atoms with Crippen molar-refractivity contribution in [3.05, 3.63) is 34.3 Å². The zero-order valence-electron chi connectivity index (χ0n) is 9.50. The lowest BCUT2D eigenvalue weighted by Gasteiger charge is -2.19. The highest BCUT2D eigenvalue weighted by molar-refractivity contribution is 9.10. The van der Waals surface area contributed by atoms with E-state index in [9.17, 15) is 4.79 Å². The summed E-state index contributed by atoms with van der Waals surface area (Å²) in [4.78, 5) is 16.5. The van der Waals surface area contributed by atoms with Gasteiger partial charge in [0.1, 0.15) is 0 Å². The lowest BCUT2D eigenvalue weighted by atomic mass is 10.1. The fourth-order valence-electron chi connectivity index (χ4n) is 0.914. The molecule has 1 aromatic carbocycles. The molecular formula is C11H15BrN2O2. The van der Waals surface area contributed by atoms with Gasteiger partial charge < -0.3 is 0 Å². The van der Waals surface area contributed by atoms with Crippen LogP contribution in [0.5, 0.6) is 0 Å². The van der Waals surface area contributed by atoms with E-state index < -0.39 is 0 Å². The Hall–Kier alpha value is -0.910. The van der Waals surface area contributed by atoms with Crippen LogP contribution in [0.2, 0.25) is 0 Å². The smallest absolute Gasteiger partial charge is 0.267 e. The van der Waals surface area contributed by atoms with Gasteiger partial charge in [-0.25, -0.2) is 5.48 Å². The second-order valence-corrected chi connectivity index (χ2v) is 5.31. The predicted octanol–water partition coefficient (Wildman–Crippen LogP) is 2.41. The summed E-state index contributed by atoms with van der Waals surface area (Å²) in [5, 5.41) is 0. The molecule has 0 unspecified atom stereocenters. The van der Waals surface area contributed by atoms with Crippen LogP contribution in [-0.4, -0.2) is 11.4 Å². The molecule has 1 rings (SSSR count). The van der Waals surface area contributed by atoms with Gasteiger partial charge in [0.2, 0.25) is 0 Å². The molecule has 0 aliphatic rings. The van der Waals surface area contributed by atoms with E-state index in [4.69, 9.17) is 4.94 Å². The molecule has 0 fully saturated rings. The van der Waals surface area contributed by atoms with E-state index in [1.807, 2.05) is 26.8 Å². The molecule has 0 heterocycles. The van der Waals surface area contributed by atoms with Crippen molar-refractivity contribution in [1.29, 1.82) is 0 Å². The molecule has 0 saturated carbocycles. The highest BCUT2D eigenvalue weighted by atomic mass is 79.9. The van der Waals surface area contributed by atoms with Gasteiger partial charge >= 0.3 is 0 Å². The topological polar surface area (TPSA) is 50.4 Å². The maximum Gasteiger partial charge on any atom is 0.276 e. The summed E-state index contributed by atoms with van der Waals surface area (Å²) in [5.74, 6) is -0.293. The van der Waals surface area contributed by atoms with Crippen LogP contribution in [0, 0.1) is 0 Å². The van der Waals surface area contributed by atoms with Gasteiger partial charge in [-0.05, 0) is 39.0 Å². The summed E-state index contributed by atoms with van der Waals surface area (Å²) in [6.45, 7) is 5.79. The largest absolute Gasteiger partial charge is 0.276 e. The minimum Gasteiger partial charge on any atom is -0.267 e. The summed E-state index contributed by atoms with van der Waals surface area (Å²) in [6.07, 6.45) is 0. The maximum absolute atomic E-state index is 11.6. The number of rotatable bonds is 3. The highest BCUT2D eigenvalue weighted by Crippen LogP contribution is 2.11. The number of benzene rings is 1.